The van der Waals surface area contributed by atoms with Gasteiger partial charge in [0.1, 0.15) is 6.15 Å². The molecule has 1 nitrogen and oxygen atoms in total. The van der Waals surface area contributed by atoms with E-state index in [0.29, 0.717) is 0 Å². The maximum Gasteiger partial charge on any atom is 0.361 e. The minimum Gasteiger partial charge on any atom is -0.204 e. The molecule has 0 aliphatic carbocycles. The van der Waals surface area contributed by atoms with E-state index in [1.165, 1.54) is 170 Å². The van der Waals surface area contributed by atoms with Gasteiger partial charge in [-0.1, -0.05) is 195 Å². The molecule has 0 heterocycles. The van der Waals surface area contributed by atoms with Gasteiger partial charge in [-0.15, -0.1) is 0 Å². The van der Waals surface area contributed by atoms with Crippen LogP contribution >= 0.6 is 16.7 Å². The Balaban J connectivity index is 0.000000363. The van der Waals surface area contributed by atoms with Gasteiger partial charge < -0.3 is 0 Å². The summed E-state index contributed by atoms with van der Waals surface area (Å²) < 4.78 is 175. The Morgan fingerprint density at radius 3 is 0.682 bits per heavy atom. The molecule has 0 saturated carbocycles. The van der Waals surface area contributed by atoms with Gasteiger partial charge >= 0.3 is 16.7 Å². The first-order chi connectivity index (χ1) is 31.7. The monoisotopic (exact) mass is 977 g/mol. The zero-order valence-electron chi connectivity index (χ0n) is 38.0. The molecule has 0 fully saturated rings. The summed E-state index contributed by atoms with van der Waals surface area (Å²) in [6.07, 6.45) is 30.2. The molecule has 0 aromatic heterocycles. The molecule has 16 heteroatoms. The van der Waals surface area contributed by atoms with Gasteiger partial charge in [-0.2, -0.15) is 21.9 Å². The molecule has 4 rings (SSSR count). The fourth-order valence-electron chi connectivity index (χ4n) is 8.28. The summed E-state index contributed by atoms with van der Waals surface area (Å²) in [6.45, 7) is 4.59. The van der Waals surface area contributed by atoms with E-state index in [1.54, 1.807) is 0 Å². The second kappa shape index (κ2) is 30.7. The van der Waals surface area contributed by atoms with Crippen LogP contribution in [-0.4, -0.2) is 18.5 Å². The van der Waals surface area contributed by atoms with Crippen molar-refractivity contribution >= 4 is 44.7 Å². The summed E-state index contributed by atoms with van der Waals surface area (Å²) in [4.78, 5) is 0. The minimum atomic E-state index is -4.01. The molecule has 0 unspecified atom stereocenters. The van der Waals surface area contributed by atoms with Crippen LogP contribution in [0.2, 0.25) is 0 Å². The zero-order valence-corrected chi connectivity index (χ0v) is 39.8. The third-order valence-electron chi connectivity index (χ3n) is 11.9. The highest BCUT2D eigenvalue weighted by Gasteiger charge is 2.37. The van der Waals surface area contributed by atoms with Crippen LogP contribution in [0.5, 0.6) is 0 Å². The predicted molar refractivity (Wildman–Crippen MR) is 248 cm³/mol. The number of unbranched alkanes of at least 4 members (excludes halogenated alkanes) is 20. The van der Waals surface area contributed by atoms with Gasteiger partial charge in [-0.25, -0.2) is 52.7 Å². The number of halogens is 12. The lowest BCUT2D eigenvalue weighted by atomic mass is 9.13. The van der Waals surface area contributed by atoms with Gasteiger partial charge in [-0.3, -0.25) is 0 Å². The van der Waals surface area contributed by atoms with Crippen molar-refractivity contribution in [2.24, 2.45) is 0 Å². The second-order valence-electron chi connectivity index (χ2n) is 17.0. The largest absolute Gasteiger partial charge is 0.361 e. The highest BCUT2D eigenvalue weighted by atomic mass is 31.1. The van der Waals surface area contributed by atoms with Crippen molar-refractivity contribution in [2.75, 3.05) is 12.3 Å². The maximum atomic E-state index is 14.4. The lowest BCUT2D eigenvalue weighted by Gasteiger charge is -2.44. The fourth-order valence-corrected chi connectivity index (χ4v) is 10.1. The first-order valence-electron chi connectivity index (χ1n) is 23.5. The molecule has 66 heavy (non-hydrogen) atoms. The molecule has 0 spiro atoms. The van der Waals surface area contributed by atoms with Crippen molar-refractivity contribution in [1.29, 1.82) is 0 Å². The van der Waals surface area contributed by atoms with Gasteiger partial charge in [0.05, 0.1) is 12.3 Å². The van der Waals surface area contributed by atoms with Crippen LogP contribution in [-0.2, 0) is 0 Å². The fraction of sp³-hybridized carbons (Fsp3) is 0.520. The predicted octanol–water partition coefficient (Wildman–Crippen LogP) is 15.7. The van der Waals surface area contributed by atoms with E-state index in [4.69, 9.17) is 0 Å². The molecule has 0 saturated heterocycles. The highest BCUT2D eigenvalue weighted by molar-refractivity contribution is 7.34. The molecule has 0 bridgehead atoms. The van der Waals surface area contributed by atoms with Gasteiger partial charge in [0.25, 0.3) is 0 Å². The lowest BCUT2D eigenvalue weighted by Crippen LogP contribution is -2.75. The summed E-state index contributed by atoms with van der Waals surface area (Å²) >= 11 is 0. The van der Waals surface area contributed by atoms with E-state index in [2.05, 4.69) is 18.0 Å². The van der Waals surface area contributed by atoms with E-state index in [1.807, 2.05) is 0 Å². The third kappa shape index (κ3) is 17.5. The first kappa shape index (κ1) is 56.7. The average molecular weight is 978 g/mol. The molecule has 0 radical (unpaired) electrons. The number of nitrogens with zero attached hydrogens (tertiary/aromatic N) is 1. The normalized spacial score (nSPS) is 11.6. The third-order valence-corrected chi connectivity index (χ3v) is 13.9. The number of hydrogen-bond acceptors (Lipinski definition) is 0. The molecule has 0 aliphatic rings. The number of benzene rings is 4. The van der Waals surface area contributed by atoms with E-state index < -0.39 is 97.8 Å². The first-order valence-corrected chi connectivity index (χ1v) is 25.6. The van der Waals surface area contributed by atoms with Crippen molar-refractivity contribution in [3.63, 3.8) is 0 Å². The van der Waals surface area contributed by atoms with Crippen molar-refractivity contribution in [3.8, 4) is 0 Å². The SMILES string of the molecule is CCCCCCCCCCCCCP=[N+]=PCCCCCCCCCCCCC.Fc1cc([B-](c2cc(F)c(F)c(F)c2)(c2cc(F)c(F)c(F)c2)c2cc(F)c(F)c(F)c2)cc(F)c1F. The molecule has 4 aromatic rings. The van der Waals surface area contributed by atoms with Crippen LogP contribution in [0.15, 0.2) is 48.5 Å². The van der Waals surface area contributed by atoms with Gasteiger partial charge in [0, 0.05) is 0 Å². The molecule has 0 amide bonds. The zero-order chi connectivity index (χ0) is 48.5. The van der Waals surface area contributed by atoms with E-state index in [-0.39, 0.29) is 48.5 Å². The highest BCUT2D eigenvalue weighted by Crippen LogP contribution is 2.22. The van der Waals surface area contributed by atoms with Gasteiger partial charge in [0.15, 0.2) is 69.8 Å². The van der Waals surface area contributed by atoms with Crippen molar-refractivity contribution in [3.05, 3.63) is 118 Å². The Labute approximate surface area is 386 Å². The summed E-state index contributed by atoms with van der Waals surface area (Å²) in [5, 5.41) is 0. The Morgan fingerprint density at radius 2 is 0.485 bits per heavy atom. The van der Waals surface area contributed by atoms with Crippen LogP contribution in [0.1, 0.15) is 155 Å². The Hall–Kier alpha value is -3.59. The standard InChI is InChI=1S/C26H54NP2.C24H8BF12/c1-3-5-7-9-11-13-15-17-19-21-23-25-28-27-29-26-24-22-20-18-16-14-12-10-8-6-4-2;26-13-1-9(2-14(27)21(13)34)25(10-3-15(28)22(35)16(29)4-10,11-5-17(30)23(36)18(31)6-11)12-7-19(32)24(37)20(33)8-12/h3-26H2,1-2H3;1-8H/q+1;-1. The number of rotatable bonds is 28. The molecule has 364 valence electrons. The molecule has 0 N–H and O–H groups in total. The maximum absolute atomic E-state index is 14.4. The van der Waals surface area contributed by atoms with Crippen LogP contribution in [0.25, 0.3) is 0 Å². The van der Waals surface area contributed by atoms with E-state index in [9.17, 15) is 52.7 Å². The van der Waals surface area contributed by atoms with Crippen LogP contribution in [0.4, 0.5) is 52.7 Å². The van der Waals surface area contributed by atoms with Crippen LogP contribution in [0.3, 0.4) is 0 Å². The van der Waals surface area contributed by atoms with Crippen molar-refractivity contribution in [1.82, 2.24) is 4.17 Å². The number of hydrogen-bond donors (Lipinski definition) is 0. The van der Waals surface area contributed by atoms with E-state index in [0.717, 1.165) is 0 Å². The van der Waals surface area contributed by atoms with Crippen molar-refractivity contribution in [2.45, 2.75) is 155 Å². The molecular weight excluding hydrogens is 915 g/mol. The van der Waals surface area contributed by atoms with Gasteiger partial charge in [0.2, 0.25) is 0 Å². The smallest absolute Gasteiger partial charge is 0.204 e. The van der Waals surface area contributed by atoms with Crippen LogP contribution in [0, 0.1) is 69.8 Å². The quantitative estimate of drug-likeness (QED) is 0.0134. The molecule has 0 aliphatic heterocycles. The Kier molecular flexibility index (Phi) is 26.4. The summed E-state index contributed by atoms with van der Waals surface area (Å²) in [6, 6.07) is 1.41. The van der Waals surface area contributed by atoms with Gasteiger partial charge in [-0.05, 0) is 12.8 Å². The minimum absolute atomic E-state index is 0.177. The van der Waals surface area contributed by atoms with Crippen LogP contribution < -0.4 is 26.0 Å². The summed E-state index contributed by atoms with van der Waals surface area (Å²) in [5.74, 6) is -24.0. The Morgan fingerprint density at radius 1 is 0.303 bits per heavy atom. The molecule has 4 aromatic carbocycles. The van der Waals surface area contributed by atoms with Crippen molar-refractivity contribution < 1.29 is 52.7 Å². The summed E-state index contributed by atoms with van der Waals surface area (Å²) in [7, 11) is 2.70. The average Bonchev–Trinajstić information content (AvgIpc) is 3.28. The molecular formula is C50H62BF12NP2. The van der Waals surface area contributed by atoms with E-state index >= 15 is 0 Å². The molecule has 0 atom stereocenters. The summed E-state index contributed by atoms with van der Waals surface area (Å²) in [5.41, 5.74) is -3.79. The Bertz CT molecular complexity index is 1810. The topological polar surface area (TPSA) is 14.1 Å². The lowest BCUT2D eigenvalue weighted by molar-refractivity contribution is 0.447. The second-order valence-corrected chi connectivity index (χ2v) is 19.1.